The van der Waals surface area contributed by atoms with Crippen molar-refractivity contribution < 1.29 is 9.63 Å². The summed E-state index contributed by atoms with van der Waals surface area (Å²) in [5.74, 6) is 0. The normalized spacial score (nSPS) is 22.1. The van der Waals surface area contributed by atoms with E-state index in [0.717, 1.165) is 19.1 Å². The molecule has 1 rings (SSSR count). The molecule has 1 saturated carbocycles. The van der Waals surface area contributed by atoms with Gasteiger partial charge in [0.1, 0.15) is 6.29 Å². The number of carbonyl (C=O) groups excluding carboxylic acids is 1. The van der Waals surface area contributed by atoms with Crippen LogP contribution in [0.3, 0.4) is 0 Å². The maximum absolute atomic E-state index is 10.2. The van der Waals surface area contributed by atoms with Crippen molar-refractivity contribution in [1.82, 2.24) is 5.48 Å². The first-order valence-corrected chi connectivity index (χ1v) is 4.69. The zero-order chi connectivity index (χ0) is 8.81. The van der Waals surface area contributed by atoms with E-state index in [2.05, 4.69) is 5.48 Å². The van der Waals surface area contributed by atoms with Crippen LogP contribution >= 0.6 is 0 Å². The third-order valence-corrected chi connectivity index (χ3v) is 2.18. The van der Waals surface area contributed by atoms with Gasteiger partial charge in [0.25, 0.3) is 0 Å². The number of hydrogen-bond donors (Lipinski definition) is 1. The van der Waals surface area contributed by atoms with E-state index >= 15 is 0 Å². The van der Waals surface area contributed by atoms with Crippen LogP contribution in [0.15, 0.2) is 0 Å². The molecule has 12 heavy (non-hydrogen) atoms. The molecule has 1 atom stereocenters. The summed E-state index contributed by atoms with van der Waals surface area (Å²) in [5.41, 5.74) is 2.73. The number of hydroxylamine groups is 1. The van der Waals surface area contributed by atoms with Crippen molar-refractivity contribution in [3.05, 3.63) is 0 Å². The fourth-order valence-electron chi connectivity index (χ4n) is 1.41. The lowest BCUT2D eigenvalue weighted by atomic mass is 9.98. The molecule has 0 bridgehead atoms. The number of rotatable bonds is 4. The maximum atomic E-state index is 10.2. The van der Waals surface area contributed by atoms with E-state index in [1.165, 1.54) is 19.3 Å². The molecule has 1 N–H and O–H groups in total. The molecule has 3 heteroatoms. The van der Waals surface area contributed by atoms with Gasteiger partial charge >= 0.3 is 0 Å². The van der Waals surface area contributed by atoms with Crippen LogP contribution in [0.25, 0.3) is 0 Å². The number of aldehydes is 1. The second kappa shape index (κ2) is 5.27. The van der Waals surface area contributed by atoms with Crippen molar-refractivity contribution >= 4 is 6.29 Å². The smallest absolute Gasteiger partial charge is 0.138 e. The van der Waals surface area contributed by atoms with E-state index in [1.807, 2.05) is 0 Å². The van der Waals surface area contributed by atoms with E-state index in [4.69, 9.17) is 4.84 Å². The highest BCUT2D eigenvalue weighted by Gasteiger charge is 2.14. The van der Waals surface area contributed by atoms with Gasteiger partial charge in [-0.15, -0.1) is 0 Å². The molecule has 0 heterocycles. The first-order valence-electron chi connectivity index (χ1n) is 4.69. The molecule has 0 spiro atoms. The van der Waals surface area contributed by atoms with E-state index in [0.29, 0.717) is 6.10 Å². The van der Waals surface area contributed by atoms with Crippen LogP contribution in [-0.2, 0) is 9.63 Å². The summed E-state index contributed by atoms with van der Waals surface area (Å²) in [4.78, 5) is 15.6. The third kappa shape index (κ3) is 3.32. The Hall–Kier alpha value is -0.410. The van der Waals surface area contributed by atoms with Gasteiger partial charge in [0, 0.05) is 0 Å². The van der Waals surface area contributed by atoms with Crippen molar-refractivity contribution in [1.29, 1.82) is 0 Å². The number of carbonyl (C=O) groups is 1. The first kappa shape index (κ1) is 9.68. The Balaban J connectivity index is 2.08. The second-order valence-corrected chi connectivity index (χ2v) is 3.42. The Kier molecular flexibility index (Phi) is 4.25. The van der Waals surface area contributed by atoms with Crippen molar-refractivity contribution in [3.63, 3.8) is 0 Å². The standard InChI is InChI=1S/C9H17NO2/c1-8(7-11)10-12-9-5-3-2-4-6-9/h7-10H,2-6H2,1H3/t8-/m0/s1. The molecule has 3 nitrogen and oxygen atoms in total. The first-order chi connectivity index (χ1) is 5.83. The quantitative estimate of drug-likeness (QED) is 0.513. The summed E-state index contributed by atoms with van der Waals surface area (Å²) in [7, 11) is 0. The molecule has 0 radical (unpaired) electrons. The lowest BCUT2D eigenvalue weighted by Crippen LogP contribution is -2.33. The van der Waals surface area contributed by atoms with Gasteiger partial charge in [0.2, 0.25) is 0 Å². The summed E-state index contributed by atoms with van der Waals surface area (Å²) in [6, 6.07) is -0.188. The molecule has 0 unspecified atom stereocenters. The number of hydrogen-bond acceptors (Lipinski definition) is 3. The predicted molar refractivity (Wildman–Crippen MR) is 46.6 cm³/mol. The van der Waals surface area contributed by atoms with Gasteiger partial charge in [-0.2, -0.15) is 5.48 Å². The fourth-order valence-corrected chi connectivity index (χ4v) is 1.41. The molecule has 1 aliphatic carbocycles. The predicted octanol–water partition coefficient (Wildman–Crippen LogP) is 1.43. The van der Waals surface area contributed by atoms with Crippen molar-refractivity contribution in [2.45, 2.75) is 51.2 Å². The molecular formula is C9H17NO2. The third-order valence-electron chi connectivity index (χ3n) is 2.18. The molecule has 1 aliphatic rings. The Morgan fingerprint density at radius 2 is 2.08 bits per heavy atom. The molecule has 0 aromatic rings. The van der Waals surface area contributed by atoms with Crippen LogP contribution < -0.4 is 5.48 Å². The fraction of sp³-hybridized carbons (Fsp3) is 0.889. The Labute approximate surface area is 73.4 Å². The van der Waals surface area contributed by atoms with Crippen LogP contribution in [0.2, 0.25) is 0 Å². The summed E-state index contributed by atoms with van der Waals surface area (Å²) < 4.78 is 0. The average Bonchev–Trinajstić information content (AvgIpc) is 2.16. The molecule has 0 aromatic carbocycles. The highest BCUT2D eigenvalue weighted by molar-refractivity contribution is 5.56. The Morgan fingerprint density at radius 3 is 2.67 bits per heavy atom. The number of nitrogens with one attached hydrogen (secondary N) is 1. The topological polar surface area (TPSA) is 38.3 Å². The largest absolute Gasteiger partial charge is 0.302 e. The van der Waals surface area contributed by atoms with E-state index in [-0.39, 0.29) is 6.04 Å². The summed E-state index contributed by atoms with van der Waals surface area (Å²) in [6.45, 7) is 1.79. The average molecular weight is 171 g/mol. The van der Waals surface area contributed by atoms with Gasteiger partial charge < -0.3 is 4.79 Å². The highest BCUT2D eigenvalue weighted by Crippen LogP contribution is 2.19. The highest BCUT2D eigenvalue weighted by atomic mass is 16.7. The van der Waals surface area contributed by atoms with E-state index in [9.17, 15) is 4.79 Å². The lowest BCUT2D eigenvalue weighted by molar-refractivity contribution is -0.116. The van der Waals surface area contributed by atoms with Crippen LogP contribution in [-0.4, -0.2) is 18.4 Å². The van der Waals surface area contributed by atoms with Gasteiger partial charge in [-0.3, -0.25) is 4.84 Å². The zero-order valence-electron chi connectivity index (χ0n) is 7.58. The van der Waals surface area contributed by atoms with Gasteiger partial charge in [-0.05, 0) is 19.8 Å². The minimum Gasteiger partial charge on any atom is -0.302 e. The minimum atomic E-state index is -0.188. The summed E-state index contributed by atoms with van der Waals surface area (Å²) >= 11 is 0. The van der Waals surface area contributed by atoms with Crippen LogP contribution in [0.4, 0.5) is 0 Å². The van der Waals surface area contributed by atoms with Gasteiger partial charge in [0.15, 0.2) is 0 Å². The lowest BCUT2D eigenvalue weighted by Gasteiger charge is -2.22. The molecule has 0 aliphatic heterocycles. The van der Waals surface area contributed by atoms with Crippen LogP contribution in [0, 0.1) is 0 Å². The molecule has 0 saturated heterocycles. The van der Waals surface area contributed by atoms with Crippen molar-refractivity contribution in [3.8, 4) is 0 Å². The summed E-state index contributed by atoms with van der Waals surface area (Å²) in [6.07, 6.45) is 7.24. The van der Waals surface area contributed by atoms with Gasteiger partial charge in [0.05, 0.1) is 12.1 Å². The van der Waals surface area contributed by atoms with E-state index in [1.54, 1.807) is 6.92 Å². The van der Waals surface area contributed by atoms with Crippen LogP contribution in [0.1, 0.15) is 39.0 Å². The van der Waals surface area contributed by atoms with Crippen molar-refractivity contribution in [2.75, 3.05) is 0 Å². The molecule has 0 aromatic heterocycles. The SMILES string of the molecule is C[C@@H](C=O)NOC1CCCCC1. The second-order valence-electron chi connectivity index (χ2n) is 3.42. The Morgan fingerprint density at radius 1 is 1.42 bits per heavy atom. The van der Waals surface area contributed by atoms with Gasteiger partial charge in [-0.1, -0.05) is 19.3 Å². The van der Waals surface area contributed by atoms with Gasteiger partial charge in [-0.25, -0.2) is 0 Å². The van der Waals surface area contributed by atoms with Crippen LogP contribution in [0.5, 0.6) is 0 Å². The van der Waals surface area contributed by atoms with E-state index < -0.39 is 0 Å². The Bertz CT molecular complexity index is 132. The van der Waals surface area contributed by atoms with Crippen molar-refractivity contribution in [2.24, 2.45) is 0 Å². The minimum absolute atomic E-state index is 0.188. The molecular weight excluding hydrogens is 154 g/mol. The molecule has 0 amide bonds. The zero-order valence-corrected chi connectivity index (χ0v) is 7.58. The molecule has 1 fully saturated rings. The molecule has 70 valence electrons. The maximum Gasteiger partial charge on any atom is 0.138 e. The monoisotopic (exact) mass is 171 g/mol. The summed E-state index contributed by atoms with van der Waals surface area (Å²) in [5, 5.41) is 0.